The predicted octanol–water partition coefficient (Wildman–Crippen LogP) is 3.39. The van der Waals surface area contributed by atoms with Crippen LogP contribution in [0.4, 0.5) is 16.0 Å². The predicted molar refractivity (Wildman–Crippen MR) is 113 cm³/mol. The molecular formula is C19H18ClFN8O. The summed E-state index contributed by atoms with van der Waals surface area (Å²) < 4.78 is 15.3. The average Bonchev–Trinajstić information content (AvgIpc) is 3.34. The molecule has 154 valence electrons. The van der Waals surface area contributed by atoms with Crippen LogP contribution in [0.15, 0.2) is 48.0 Å². The largest absolute Gasteiger partial charge is 0.409 e. The second kappa shape index (κ2) is 8.37. The van der Waals surface area contributed by atoms with Crippen LogP contribution >= 0.6 is 11.6 Å². The van der Waals surface area contributed by atoms with Gasteiger partial charge < -0.3 is 25.4 Å². The number of hydrogen-bond donors (Lipinski definition) is 4. The van der Waals surface area contributed by atoms with E-state index >= 15 is 0 Å². The maximum absolute atomic E-state index is 13.4. The first kappa shape index (κ1) is 19.6. The Morgan fingerprint density at radius 3 is 2.90 bits per heavy atom. The number of aromatic amines is 1. The van der Waals surface area contributed by atoms with Crippen molar-refractivity contribution in [1.82, 2.24) is 24.5 Å². The number of anilines is 2. The zero-order valence-electron chi connectivity index (χ0n) is 15.9. The average molecular weight is 429 g/mol. The van der Waals surface area contributed by atoms with E-state index in [9.17, 15) is 9.60 Å². The van der Waals surface area contributed by atoms with Crippen molar-refractivity contribution in [3.05, 3.63) is 65.1 Å². The molecular weight excluding hydrogens is 411 g/mol. The Bertz CT molecular complexity index is 1220. The second-order valence-corrected chi connectivity index (χ2v) is 6.88. The minimum atomic E-state index is -0.536. The molecule has 0 spiro atoms. The molecule has 11 heteroatoms. The lowest BCUT2D eigenvalue weighted by Gasteiger charge is -2.09. The number of aryl methyl sites for hydroxylation is 1. The fourth-order valence-corrected chi connectivity index (χ4v) is 3.16. The standard InChI is InChI=1S/C19H18ClFN8O/c1-29-9-8-22-15(29)5-7-24-19-26-16-12(4-6-23-18(16)27-19)17(28-30)25-11-2-3-14(21)13(20)10-11/h2-4,6,8-10,30H,5,7H2,1H3,(H,25,28)(H2,23,24,26,27). The van der Waals surface area contributed by atoms with Crippen LogP contribution < -0.4 is 10.6 Å². The summed E-state index contributed by atoms with van der Waals surface area (Å²) in [6.45, 7) is 0.618. The Hall–Kier alpha value is -3.66. The highest BCUT2D eigenvalue weighted by Gasteiger charge is 2.15. The van der Waals surface area contributed by atoms with E-state index in [1.54, 1.807) is 18.5 Å². The van der Waals surface area contributed by atoms with Crippen LogP contribution in [0.25, 0.3) is 11.2 Å². The molecule has 4 N–H and O–H groups in total. The molecule has 0 saturated heterocycles. The Morgan fingerprint density at radius 1 is 1.30 bits per heavy atom. The number of imidazole rings is 2. The van der Waals surface area contributed by atoms with Crippen LogP contribution in [-0.4, -0.2) is 42.1 Å². The Morgan fingerprint density at radius 2 is 2.17 bits per heavy atom. The summed E-state index contributed by atoms with van der Waals surface area (Å²) in [6.07, 6.45) is 5.92. The van der Waals surface area contributed by atoms with Crippen molar-refractivity contribution < 1.29 is 9.60 Å². The summed E-state index contributed by atoms with van der Waals surface area (Å²) >= 11 is 5.82. The van der Waals surface area contributed by atoms with Gasteiger partial charge in [0.1, 0.15) is 11.6 Å². The van der Waals surface area contributed by atoms with Crippen molar-refractivity contribution in [2.24, 2.45) is 12.2 Å². The van der Waals surface area contributed by atoms with E-state index in [1.165, 1.54) is 18.2 Å². The number of aromatic nitrogens is 5. The van der Waals surface area contributed by atoms with E-state index in [0.29, 0.717) is 34.9 Å². The highest BCUT2D eigenvalue weighted by Crippen LogP contribution is 2.22. The molecule has 4 rings (SSSR count). The molecule has 30 heavy (non-hydrogen) atoms. The minimum absolute atomic E-state index is 0.0436. The van der Waals surface area contributed by atoms with Crippen molar-refractivity contribution in [2.45, 2.75) is 6.42 Å². The SMILES string of the molecule is Cn1ccnc1CCNc1nc2nccc(/C(=N\O)Nc3ccc(F)c(Cl)c3)c2[nH]1. The number of H-pyrrole nitrogens is 1. The third kappa shape index (κ3) is 4.03. The van der Waals surface area contributed by atoms with Gasteiger partial charge in [-0.1, -0.05) is 16.8 Å². The first-order valence-electron chi connectivity index (χ1n) is 9.04. The molecule has 3 aromatic heterocycles. The van der Waals surface area contributed by atoms with Gasteiger partial charge in [0, 0.05) is 49.9 Å². The van der Waals surface area contributed by atoms with E-state index in [-0.39, 0.29) is 10.9 Å². The molecule has 0 saturated carbocycles. The highest BCUT2D eigenvalue weighted by molar-refractivity contribution is 6.31. The first-order valence-corrected chi connectivity index (χ1v) is 9.42. The van der Waals surface area contributed by atoms with Gasteiger partial charge in [-0.2, -0.15) is 4.98 Å². The third-order valence-corrected chi connectivity index (χ3v) is 4.78. The molecule has 0 unspecified atom stereocenters. The smallest absolute Gasteiger partial charge is 0.202 e. The molecule has 0 atom stereocenters. The molecule has 1 aromatic carbocycles. The lowest BCUT2D eigenvalue weighted by atomic mass is 10.2. The van der Waals surface area contributed by atoms with Crippen molar-refractivity contribution in [1.29, 1.82) is 0 Å². The molecule has 0 aliphatic heterocycles. The maximum Gasteiger partial charge on any atom is 0.202 e. The number of nitrogens with one attached hydrogen (secondary N) is 3. The van der Waals surface area contributed by atoms with Gasteiger partial charge >= 0.3 is 0 Å². The van der Waals surface area contributed by atoms with Gasteiger partial charge in [0.15, 0.2) is 11.5 Å². The molecule has 0 aliphatic rings. The summed E-state index contributed by atoms with van der Waals surface area (Å²) in [6, 6.07) is 5.79. The van der Waals surface area contributed by atoms with Gasteiger partial charge in [-0.05, 0) is 24.3 Å². The molecule has 0 fully saturated rings. The van der Waals surface area contributed by atoms with Crippen LogP contribution in [-0.2, 0) is 13.5 Å². The van der Waals surface area contributed by atoms with Crippen LogP contribution in [0.2, 0.25) is 5.02 Å². The first-order chi connectivity index (χ1) is 14.5. The van der Waals surface area contributed by atoms with Gasteiger partial charge in [-0.3, -0.25) is 0 Å². The highest BCUT2D eigenvalue weighted by atomic mass is 35.5. The van der Waals surface area contributed by atoms with E-state index in [0.717, 1.165) is 12.2 Å². The van der Waals surface area contributed by atoms with Gasteiger partial charge in [0.25, 0.3) is 0 Å². The zero-order chi connectivity index (χ0) is 21.1. The molecule has 0 aliphatic carbocycles. The van der Waals surface area contributed by atoms with E-state index < -0.39 is 5.82 Å². The fraction of sp³-hybridized carbons (Fsp3) is 0.158. The van der Waals surface area contributed by atoms with Crippen LogP contribution in [0, 0.1) is 5.82 Å². The Kier molecular flexibility index (Phi) is 5.48. The monoisotopic (exact) mass is 428 g/mol. The number of fused-ring (bicyclic) bond motifs is 1. The molecule has 3 heterocycles. The zero-order valence-corrected chi connectivity index (χ0v) is 16.7. The van der Waals surface area contributed by atoms with Gasteiger partial charge in [0.05, 0.1) is 10.5 Å². The van der Waals surface area contributed by atoms with Crippen LogP contribution in [0.1, 0.15) is 11.4 Å². The minimum Gasteiger partial charge on any atom is -0.409 e. The molecule has 4 aromatic rings. The quantitative estimate of drug-likeness (QED) is 0.162. The number of nitrogens with zero attached hydrogens (tertiary/aromatic N) is 5. The van der Waals surface area contributed by atoms with Crippen LogP contribution in [0.3, 0.4) is 0 Å². The van der Waals surface area contributed by atoms with Crippen molar-refractivity contribution in [3.8, 4) is 0 Å². The second-order valence-electron chi connectivity index (χ2n) is 6.48. The van der Waals surface area contributed by atoms with E-state index in [2.05, 4.69) is 35.7 Å². The lowest BCUT2D eigenvalue weighted by molar-refractivity contribution is 0.319. The summed E-state index contributed by atoms with van der Waals surface area (Å²) in [5.74, 6) is 1.08. The number of rotatable bonds is 6. The summed E-state index contributed by atoms with van der Waals surface area (Å²) in [5.41, 5.74) is 2.03. The van der Waals surface area contributed by atoms with Crippen molar-refractivity contribution >= 4 is 40.2 Å². The molecule has 0 radical (unpaired) electrons. The number of amidine groups is 1. The summed E-state index contributed by atoms with van der Waals surface area (Å²) in [5, 5.41) is 19.0. The number of hydrogen-bond acceptors (Lipinski definition) is 6. The topological polar surface area (TPSA) is 116 Å². The van der Waals surface area contributed by atoms with Crippen LogP contribution in [0.5, 0.6) is 0 Å². The summed E-state index contributed by atoms with van der Waals surface area (Å²) in [7, 11) is 1.94. The maximum atomic E-state index is 13.4. The van der Waals surface area contributed by atoms with Gasteiger partial charge in [-0.25, -0.2) is 14.4 Å². The van der Waals surface area contributed by atoms with Gasteiger partial charge in [-0.15, -0.1) is 0 Å². The fourth-order valence-electron chi connectivity index (χ4n) is 2.98. The van der Waals surface area contributed by atoms with Crippen molar-refractivity contribution in [3.63, 3.8) is 0 Å². The number of halogens is 2. The van der Waals surface area contributed by atoms with E-state index in [1.807, 2.05) is 17.8 Å². The Labute approximate surface area is 175 Å². The van der Waals surface area contributed by atoms with Gasteiger partial charge in [0.2, 0.25) is 5.95 Å². The lowest BCUT2D eigenvalue weighted by Crippen LogP contribution is -2.14. The molecule has 0 amide bonds. The number of pyridine rings is 1. The molecule has 9 nitrogen and oxygen atoms in total. The molecule has 0 bridgehead atoms. The number of benzene rings is 1. The van der Waals surface area contributed by atoms with Crippen molar-refractivity contribution in [2.75, 3.05) is 17.2 Å². The third-order valence-electron chi connectivity index (χ3n) is 4.49. The van der Waals surface area contributed by atoms with E-state index in [4.69, 9.17) is 11.6 Å². The summed E-state index contributed by atoms with van der Waals surface area (Å²) in [4.78, 5) is 16.1. The Balaban J connectivity index is 1.54. The number of oxime groups is 1. The normalized spacial score (nSPS) is 11.8.